The molecule has 4 heteroatoms. The number of ether oxygens (including phenoxy) is 2. The van der Waals surface area contributed by atoms with Crippen molar-refractivity contribution < 1.29 is 14.6 Å². The van der Waals surface area contributed by atoms with Crippen LogP contribution in [-0.4, -0.2) is 31.3 Å². The van der Waals surface area contributed by atoms with Gasteiger partial charge in [-0.25, -0.2) is 0 Å². The zero-order valence-electron chi connectivity index (χ0n) is 12.6. The van der Waals surface area contributed by atoms with Crippen molar-refractivity contribution >= 4 is 11.6 Å². The number of aliphatic hydroxyl groups excluding tert-OH is 1. The van der Waals surface area contributed by atoms with Crippen LogP contribution < -0.4 is 9.47 Å². The fourth-order valence-corrected chi connectivity index (χ4v) is 2.44. The van der Waals surface area contributed by atoms with E-state index < -0.39 is 0 Å². The van der Waals surface area contributed by atoms with Crippen molar-refractivity contribution in [3.8, 4) is 11.5 Å². The van der Waals surface area contributed by atoms with Gasteiger partial charge in [-0.2, -0.15) is 0 Å². The summed E-state index contributed by atoms with van der Waals surface area (Å²) in [5, 5.41) is 8.81. The van der Waals surface area contributed by atoms with Crippen molar-refractivity contribution in [2.24, 2.45) is 11.8 Å². The summed E-state index contributed by atoms with van der Waals surface area (Å²) in [6.45, 7) is 4.99. The third kappa shape index (κ3) is 5.22. The average molecular weight is 301 g/mol. The van der Waals surface area contributed by atoms with Gasteiger partial charge in [-0.1, -0.05) is 19.9 Å². The summed E-state index contributed by atoms with van der Waals surface area (Å²) in [5.41, 5.74) is 1.20. The largest absolute Gasteiger partial charge is 0.493 e. The zero-order valence-corrected chi connectivity index (χ0v) is 13.3. The molecule has 0 radical (unpaired) electrons. The molecule has 1 N–H and O–H groups in total. The molecule has 1 rings (SSSR count). The minimum Gasteiger partial charge on any atom is -0.493 e. The first-order valence-electron chi connectivity index (χ1n) is 7.08. The highest BCUT2D eigenvalue weighted by Gasteiger charge is 2.14. The van der Waals surface area contributed by atoms with Crippen LogP contribution in [0.3, 0.4) is 0 Å². The summed E-state index contributed by atoms with van der Waals surface area (Å²) in [4.78, 5) is 0. The Morgan fingerprint density at radius 2 is 2.00 bits per heavy atom. The van der Waals surface area contributed by atoms with Crippen molar-refractivity contribution in [1.82, 2.24) is 0 Å². The van der Waals surface area contributed by atoms with E-state index in [0.717, 1.165) is 17.9 Å². The molecule has 0 unspecified atom stereocenters. The van der Waals surface area contributed by atoms with Gasteiger partial charge in [0.2, 0.25) is 0 Å². The van der Waals surface area contributed by atoms with Crippen molar-refractivity contribution in [1.29, 1.82) is 0 Å². The van der Waals surface area contributed by atoms with E-state index in [0.29, 0.717) is 30.7 Å². The van der Waals surface area contributed by atoms with Crippen LogP contribution in [0.25, 0.3) is 0 Å². The van der Waals surface area contributed by atoms with E-state index in [2.05, 4.69) is 19.9 Å². The molecule has 0 aliphatic heterocycles. The fraction of sp³-hybridized carbons (Fsp3) is 0.625. The monoisotopic (exact) mass is 300 g/mol. The lowest BCUT2D eigenvalue weighted by Crippen LogP contribution is -2.13. The quantitative estimate of drug-likeness (QED) is 0.560. The Morgan fingerprint density at radius 1 is 1.25 bits per heavy atom. The minimum atomic E-state index is 0.129. The Balaban J connectivity index is 2.80. The summed E-state index contributed by atoms with van der Waals surface area (Å²) in [6.07, 6.45) is 1.55. The highest BCUT2D eigenvalue weighted by molar-refractivity contribution is 6.18. The first kappa shape index (κ1) is 17.1. The molecule has 3 nitrogen and oxygen atoms in total. The highest BCUT2D eigenvalue weighted by Crippen LogP contribution is 2.30. The lowest BCUT2D eigenvalue weighted by molar-refractivity contribution is 0.228. The SMILES string of the molecule is COc1ccc(C[C@@H](CCl)C(C)C)cc1OCCCO. The summed E-state index contributed by atoms with van der Waals surface area (Å²) in [6, 6.07) is 5.99. The topological polar surface area (TPSA) is 38.7 Å². The number of aliphatic hydroxyl groups is 1. The lowest BCUT2D eigenvalue weighted by atomic mass is 9.91. The Hall–Kier alpha value is -0.930. The predicted octanol–water partition coefficient (Wildman–Crippen LogP) is 3.51. The van der Waals surface area contributed by atoms with Crippen LogP contribution in [0.4, 0.5) is 0 Å². The third-order valence-corrected chi connectivity index (χ3v) is 3.82. The number of methoxy groups -OCH3 is 1. The lowest BCUT2D eigenvalue weighted by Gasteiger charge is -2.19. The Labute approximate surface area is 126 Å². The van der Waals surface area contributed by atoms with Crippen molar-refractivity contribution in [3.63, 3.8) is 0 Å². The van der Waals surface area contributed by atoms with Crippen molar-refractivity contribution in [3.05, 3.63) is 23.8 Å². The second kappa shape index (κ2) is 9.09. The summed E-state index contributed by atoms with van der Waals surface area (Å²) < 4.78 is 11.0. The van der Waals surface area contributed by atoms with Crippen LogP contribution >= 0.6 is 11.6 Å². The molecule has 0 aromatic heterocycles. The molecule has 1 aromatic carbocycles. The first-order valence-corrected chi connectivity index (χ1v) is 7.62. The normalized spacial score (nSPS) is 12.5. The second-order valence-corrected chi connectivity index (χ2v) is 5.58. The molecule has 0 saturated heterocycles. The number of halogens is 1. The van der Waals surface area contributed by atoms with E-state index in [1.807, 2.05) is 12.1 Å². The van der Waals surface area contributed by atoms with Crippen LogP contribution in [0.1, 0.15) is 25.8 Å². The Bertz CT molecular complexity index is 393. The van der Waals surface area contributed by atoms with Gasteiger partial charge in [-0.15, -0.1) is 11.6 Å². The van der Waals surface area contributed by atoms with Gasteiger partial charge in [0.25, 0.3) is 0 Å². The molecule has 0 spiro atoms. The molecule has 0 heterocycles. The van der Waals surface area contributed by atoms with Gasteiger partial charge in [-0.05, 0) is 36.0 Å². The predicted molar refractivity (Wildman–Crippen MR) is 82.9 cm³/mol. The maximum absolute atomic E-state index is 8.81. The molecule has 0 aliphatic carbocycles. The summed E-state index contributed by atoms with van der Waals surface area (Å²) in [7, 11) is 1.63. The van der Waals surface area contributed by atoms with E-state index in [9.17, 15) is 0 Å². The van der Waals surface area contributed by atoms with E-state index >= 15 is 0 Å². The molecule has 114 valence electrons. The summed E-state index contributed by atoms with van der Waals surface area (Å²) in [5.74, 6) is 3.11. The maximum atomic E-state index is 8.81. The molecule has 20 heavy (non-hydrogen) atoms. The number of hydrogen-bond donors (Lipinski definition) is 1. The number of alkyl halides is 1. The van der Waals surface area contributed by atoms with E-state index in [4.69, 9.17) is 26.2 Å². The molecule has 1 atom stereocenters. The molecule has 0 saturated carbocycles. The van der Waals surface area contributed by atoms with Crippen LogP contribution in [0.5, 0.6) is 11.5 Å². The van der Waals surface area contributed by atoms with Gasteiger partial charge in [-0.3, -0.25) is 0 Å². The van der Waals surface area contributed by atoms with Gasteiger partial charge in [0.1, 0.15) is 0 Å². The molecule has 0 bridgehead atoms. The summed E-state index contributed by atoms with van der Waals surface area (Å²) >= 11 is 6.03. The van der Waals surface area contributed by atoms with Crippen LogP contribution in [0.2, 0.25) is 0 Å². The standard InChI is InChI=1S/C16H25ClO3/c1-12(2)14(11-17)9-13-5-6-15(19-3)16(10-13)20-8-4-7-18/h5-6,10,12,14,18H,4,7-9,11H2,1-3H3/t14-/m0/s1. The van der Waals surface area contributed by atoms with Gasteiger partial charge in [0, 0.05) is 18.9 Å². The Morgan fingerprint density at radius 3 is 2.55 bits per heavy atom. The van der Waals surface area contributed by atoms with Gasteiger partial charge in [0.15, 0.2) is 11.5 Å². The molecule has 1 aromatic rings. The van der Waals surface area contributed by atoms with Gasteiger partial charge >= 0.3 is 0 Å². The first-order chi connectivity index (χ1) is 9.62. The third-order valence-electron chi connectivity index (χ3n) is 3.43. The second-order valence-electron chi connectivity index (χ2n) is 5.27. The van der Waals surface area contributed by atoms with Crippen molar-refractivity contribution in [2.45, 2.75) is 26.7 Å². The Kier molecular flexibility index (Phi) is 7.78. The van der Waals surface area contributed by atoms with Crippen molar-refractivity contribution in [2.75, 3.05) is 26.2 Å². The van der Waals surface area contributed by atoms with Crippen LogP contribution in [-0.2, 0) is 6.42 Å². The van der Waals surface area contributed by atoms with E-state index in [-0.39, 0.29) is 6.61 Å². The van der Waals surface area contributed by atoms with Crippen LogP contribution in [0, 0.1) is 11.8 Å². The van der Waals surface area contributed by atoms with Crippen LogP contribution in [0.15, 0.2) is 18.2 Å². The molecular weight excluding hydrogens is 276 g/mol. The average Bonchev–Trinajstić information content (AvgIpc) is 2.45. The number of benzene rings is 1. The maximum Gasteiger partial charge on any atom is 0.161 e. The minimum absolute atomic E-state index is 0.129. The molecular formula is C16H25ClO3. The number of hydrogen-bond acceptors (Lipinski definition) is 3. The fourth-order valence-electron chi connectivity index (χ4n) is 1.98. The molecule has 0 amide bonds. The molecule has 0 fully saturated rings. The highest BCUT2D eigenvalue weighted by atomic mass is 35.5. The zero-order chi connectivity index (χ0) is 15.0. The van der Waals surface area contributed by atoms with E-state index in [1.165, 1.54) is 5.56 Å². The molecule has 0 aliphatic rings. The van der Waals surface area contributed by atoms with Gasteiger partial charge in [0.05, 0.1) is 13.7 Å². The van der Waals surface area contributed by atoms with E-state index in [1.54, 1.807) is 7.11 Å². The number of rotatable bonds is 9. The smallest absolute Gasteiger partial charge is 0.161 e. The van der Waals surface area contributed by atoms with Gasteiger partial charge < -0.3 is 14.6 Å².